The summed E-state index contributed by atoms with van der Waals surface area (Å²) in [7, 11) is 0. The zero-order valence-corrected chi connectivity index (χ0v) is 19.1. The lowest BCUT2D eigenvalue weighted by molar-refractivity contribution is -0.117. The first kappa shape index (κ1) is 20.1. The average Bonchev–Trinajstić information content (AvgIpc) is 2.93. The number of nitrogens with zero attached hydrogens (tertiary/aromatic N) is 1. The molecule has 1 atom stereocenters. The molecule has 2 aromatic carbocycles. The number of hydrazine groups is 1. The number of anilines is 1. The predicted octanol–water partition coefficient (Wildman–Crippen LogP) is 4.53. The van der Waals surface area contributed by atoms with E-state index in [2.05, 4.69) is 57.5 Å². The van der Waals surface area contributed by atoms with Crippen LogP contribution in [0.4, 0.5) is 5.69 Å². The van der Waals surface area contributed by atoms with Gasteiger partial charge in [0.25, 0.3) is 11.8 Å². The summed E-state index contributed by atoms with van der Waals surface area (Å²) in [6.07, 6.45) is 2.66. The van der Waals surface area contributed by atoms with E-state index in [-0.39, 0.29) is 17.6 Å². The first-order valence-corrected chi connectivity index (χ1v) is 10.6. The van der Waals surface area contributed by atoms with Gasteiger partial charge in [0.2, 0.25) is 0 Å². The second-order valence-corrected chi connectivity index (χ2v) is 8.45. The maximum Gasteiger partial charge on any atom is 0.282 e. The van der Waals surface area contributed by atoms with E-state index < -0.39 is 5.91 Å². The van der Waals surface area contributed by atoms with E-state index in [9.17, 15) is 9.59 Å². The van der Waals surface area contributed by atoms with Crippen molar-refractivity contribution in [3.8, 4) is 5.75 Å². The molecular weight excluding hydrogens is 570 g/mol. The summed E-state index contributed by atoms with van der Waals surface area (Å²) in [6.45, 7) is 4.10. The monoisotopic (exact) mass is 588 g/mol. The maximum atomic E-state index is 12.7. The third kappa shape index (κ3) is 4.45. The van der Waals surface area contributed by atoms with Crippen molar-refractivity contribution < 1.29 is 14.3 Å². The van der Waals surface area contributed by atoms with Gasteiger partial charge >= 0.3 is 0 Å². The molecule has 1 aliphatic heterocycles. The van der Waals surface area contributed by atoms with Gasteiger partial charge in [0, 0.05) is 0 Å². The smallest absolute Gasteiger partial charge is 0.282 e. The molecule has 0 saturated carbocycles. The minimum absolute atomic E-state index is 0.112. The van der Waals surface area contributed by atoms with Gasteiger partial charge in [0.1, 0.15) is 11.3 Å². The molecule has 140 valence electrons. The van der Waals surface area contributed by atoms with Gasteiger partial charge in [0.05, 0.1) is 18.9 Å². The Morgan fingerprint density at radius 1 is 1.15 bits per heavy atom. The van der Waals surface area contributed by atoms with Crippen LogP contribution in [0.2, 0.25) is 0 Å². The van der Waals surface area contributed by atoms with Crippen LogP contribution in [0.5, 0.6) is 5.75 Å². The van der Waals surface area contributed by atoms with Crippen LogP contribution in [0.25, 0.3) is 6.08 Å². The van der Waals surface area contributed by atoms with Crippen molar-refractivity contribution in [2.24, 2.45) is 0 Å². The molecule has 0 unspecified atom stereocenters. The summed E-state index contributed by atoms with van der Waals surface area (Å²) in [5.41, 5.74) is 4.14. The minimum Gasteiger partial charge on any atom is -0.489 e. The fourth-order valence-electron chi connectivity index (χ4n) is 2.54. The van der Waals surface area contributed by atoms with Crippen LogP contribution in [-0.2, 0) is 9.59 Å². The largest absolute Gasteiger partial charge is 0.489 e. The van der Waals surface area contributed by atoms with Gasteiger partial charge < -0.3 is 4.74 Å². The minimum atomic E-state index is -0.409. The number of carbonyl (C=O) groups excluding carboxylic acids is 2. The third-order valence-electron chi connectivity index (χ3n) is 4.13. The lowest BCUT2D eigenvalue weighted by atomic mass is 10.1. The van der Waals surface area contributed by atoms with Crippen molar-refractivity contribution in [1.82, 2.24) is 5.43 Å². The maximum absolute atomic E-state index is 12.7. The van der Waals surface area contributed by atoms with Gasteiger partial charge in [-0.1, -0.05) is 25.1 Å². The molecule has 5 nitrogen and oxygen atoms in total. The third-order valence-corrected chi connectivity index (χ3v) is 5.73. The molecule has 0 radical (unpaired) electrons. The lowest BCUT2D eigenvalue weighted by Gasteiger charge is -2.16. The number of hydrogen-bond acceptors (Lipinski definition) is 3. The Balaban J connectivity index is 1.90. The number of halogens is 2. The summed E-state index contributed by atoms with van der Waals surface area (Å²) in [4.78, 5) is 25.0. The molecule has 3 rings (SSSR count). The van der Waals surface area contributed by atoms with Gasteiger partial charge in [-0.25, -0.2) is 5.01 Å². The van der Waals surface area contributed by atoms with E-state index in [1.54, 1.807) is 18.2 Å². The van der Waals surface area contributed by atoms with Gasteiger partial charge in [-0.2, -0.15) is 0 Å². The zero-order chi connectivity index (χ0) is 19.6. The highest BCUT2D eigenvalue weighted by atomic mass is 127. The zero-order valence-electron chi connectivity index (χ0n) is 14.8. The van der Waals surface area contributed by atoms with Crippen molar-refractivity contribution in [2.45, 2.75) is 26.4 Å². The Morgan fingerprint density at radius 3 is 2.37 bits per heavy atom. The number of nitrogens with one attached hydrogen (secondary N) is 1. The molecule has 0 aromatic heterocycles. The lowest BCUT2D eigenvalue weighted by Crippen LogP contribution is -2.35. The number of hydrogen-bond donors (Lipinski definition) is 1. The molecule has 1 heterocycles. The first-order valence-electron chi connectivity index (χ1n) is 8.48. The van der Waals surface area contributed by atoms with E-state index in [4.69, 9.17) is 4.74 Å². The van der Waals surface area contributed by atoms with Crippen LogP contribution in [0.15, 0.2) is 48.0 Å². The number of para-hydroxylation sites is 1. The Hall–Kier alpha value is -1.62. The summed E-state index contributed by atoms with van der Waals surface area (Å²) in [5, 5.41) is 1.27. The van der Waals surface area contributed by atoms with E-state index >= 15 is 0 Å². The standard InChI is InChI=1S/C20H18I2N2O3/c1-3-12(2)27-18-16(21)10-13(11-17(18)22)9-15-19(25)23-24(20(15)26)14-7-5-4-6-8-14/h4-12H,3H2,1-2H3,(H,23,25)/b15-9-/t12-/m1/s1. The van der Waals surface area contributed by atoms with Crippen LogP contribution in [0, 0.1) is 7.14 Å². The summed E-state index contributed by atoms with van der Waals surface area (Å²) >= 11 is 4.43. The van der Waals surface area contributed by atoms with E-state index in [0.29, 0.717) is 5.69 Å². The molecule has 1 aliphatic rings. The molecule has 1 N–H and O–H groups in total. The molecule has 1 saturated heterocycles. The van der Waals surface area contributed by atoms with Crippen LogP contribution in [-0.4, -0.2) is 17.9 Å². The van der Waals surface area contributed by atoms with E-state index in [1.165, 1.54) is 5.01 Å². The fraction of sp³-hybridized carbons (Fsp3) is 0.200. The summed E-state index contributed by atoms with van der Waals surface area (Å²) in [5.74, 6) is 0.0609. The Kier molecular flexibility index (Phi) is 6.40. The molecule has 1 fully saturated rings. The Labute approximate surface area is 185 Å². The van der Waals surface area contributed by atoms with Crippen LogP contribution < -0.4 is 15.2 Å². The summed E-state index contributed by atoms with van der Waals surface area (Å²) in [6, 6.07) is 12.9. The second-order valence-electron chi connectivity index (χ2n) is 6.13. The molecule has 0 spiro atoms. The van der Waals surface area contributed by atoms with Gasteiger partial charge in [0.15, 0.2) is 0 Å². The number of rotatable bonds is 5. The highest BCUT2D eigenvalue weighted by molar-refractivity contribution is 14.1. The molecule has 2 amide bonds. The van der Waals surface area contributed by atoms with Gasteiger partial charge in [-0.15, -0.1) is 0 Å². The predicted molar refractivity (Wildman–Crippen MR) is 122 cm³/mol. The molecule has 0 bridgehead atoms. The molecule has 7 heteroatoms. The number of amides is 2. The Bertz CT molecular complexity index is 890. The number of ether oxygens (including phenoxy) is 1. The van der Waals surface area contributed by atoms with Gasteiger partial charge in [-0.3, -0.25) is 15.0 Å². The van der Waals surface area contributed by atoms with E-state index in [0.717, 1.165) is 24.9 Å². The Morgan fingerprint density at radius 2 is 1.78 bits per heavy atom. The first-order chi connectivity index (χ1) is 12.9. The van der Waals surface area contributed by atoms with Crippen LogP contribution in [0.3, 0.4) is 0 Å². The molecule has 2 aromatic rings. The highest BCUT2D eigenvalue weighted by Gasteiger charge is 2.34. The van der Waals surface area contributed by atoms with E-state index in [1.807, 2.05) is 37.3 Å². The second kappa shape index (κ2) is 8.59. The van der Waals surface area contributed by atoms with Gasteiger partial charge in [-0.05, 0) is 94.4 Å². The fourth-order valence-corrected chi connectivity index (χ4v) is 4.61. The molecule has 0 aliphatic carbocycles. The van der Waals surface area contributed by atoms with Crippen molar-refractivity contribution in [3.63, 3.8) is 0 Å². The quantitative estimate of drug-likeness (QED) is 0.318. The highest BCUT2D eigenvalue weighted by Crippen LogP contribution is 2.31. The van der Waals surface area contributed by atoms with Crippen LogP contribution in [0.1, 0.15) is 25.8 Å². The number of carbonyl (C=O) groups is 2. The number of benzene rings is 2. The normalized spacial score (nSPS) is 16.6. The average molecular weight is 588 g/mol. The van der Waals surface area contributed by atoms with Crippen molar-refractivity contribution in [3.05, 3.63) is 60.7 Å². The van der Waals surface area contributed by atoms with Crippen molar-refractivity contribution in [1.29, 1.82) is 0 Å². The SMILES string of the molecule is CC[C@@H](C)Oc1c(I)cc(/C=C2/C(=O)NN(c3ccccc3)C2=O)cc1I. The topological polar surface area (TPSA) is 58.6 Å². The van der Waals surface area contributed by atoms with Crippen molar-refractivity contribution in [2.75, 3.05) is 5.01 Å². The summed E-state index contributed by atoms with van der Waals surface area (Å²) < 4.78 is 7.86. The van der Waals surface area contributed by atoms with Crippen molar-refractivity contribution >= 4 is 68.8 Å². The molecular formula is C20H18I2N2O3. The van der Waals surface area contributed by atoms with Crippen LogP contribution >= 0.6 is 45.2 Å². The molecule has 27 heavy (non-hydrogen) atoms.